The van der Waals surface area contributed by atoms with Gasteiger partial charge in [-0.25, -0.2) is 9.13 Å². The Labute approximate surface area is 192 Å². The maximum absolute atomic E-state index is 3.80. The van der Waals surface area contributed by atoms with E-state index < -0.39 is 0 Å². The average molecular weight is 474 g/mol. The van der Waals surface area contributed by atoms with E-state index in [1.165, 1.54) is 42.4 Å². The second-order valence-electron chi connectivity index (χ2n) is 7.09. The highest BCUT2D eigenvalue weighted by Gasteiger charge is 2.06. The Morgan fingerprint density at radius 2 is 1.31 bits per heavy atom. The third-order valence-corrected chi connectivity index (χ3v) is 4.97. The SMILES string of the molecule is C=Cc1ccc(C[n+]2ccc(-c3cc[n+](CCCCCC)cc3)cc2)cc1.[Br-].[Cl-]. The lowest BCUT2D eigenvalue weighted by atomic mass is 10.1. The molecule has 0 saturated heterocycles. The average Bonchev–Trinajstić information content (AvgIpc) is 2.73. The van der Waals surface area contributed by atoms with Crippen molar-refractivity contribution < 1.29 is 38.5 Å². The van der Waals surface area contributed by atoms with Crippen LogP contribution < -0.4 is 38.5 Å². The smallest absolute Gasteiger partial charge is 0.173 e. The molecule has 3 aromatic rings. The lowest BCUT2D eigenvalue weighted by Gasteiger charge is -2.02. The van der Waals surface area contributed by atoms with Crippen LogP contribution in [0.3, 0.4) is 0 Å². The standard InChI is InChI=1S/C25H30N2.BrH.ClH/c1-3-5-6-7-16-26-17-12-24(13-18-26)25-14-19-27(20-15-25)21-23-10-8-22(4-2)9-11-23;;/h4,8-15,17-20H,2-3,5-7,16,21H2,1H3;2*1H/q+2;;/p-2. The summed E-state index contributed by atoms with van der Waals surface area (Å²) in [4.78, 5) is 0. The Kier molecular flexibility index (Phi) is 11.5. The molecule has 29 heavy (non-hydrogen) atoms. The van der Waals surface area contributed by atoms with Gasteiger partial charge in [-0.3, -0.25) is 0 Å². The van der Waals surface area contributed by atoms with Gasteiger partial charge >= 0.3 is 0 Å². The van der Waals surface area contributed by atoms with Crippen molar-refractivity contribution in [1.82, 2.24) is 0 Å². The molecule has 0 bridgehead atoms. The van der Waals surface area contributed by atoms with Gasteiger partial charge < -0.3 is 29.4 Å². The van der Waals surface area contributed by atoms with E-state index in [4.69, 9.17) is 0 Å². The number of pyridine rings is 2. The van der Waals surface area contributed by atoms with E-state index in [0.717, 1.165) is 18.7 Å². The fourth-order valence-corrected chi connectivity index (χ4v) is 3.25. The number of aromatic nitrogens is 2. The van der Waals surface area contributed by atoms with E-state index in [-0.39, 0.29) is 29.4 Å². The highest BCUT2D eigenvalue weighted by Crippen LogP contribution is 2.16. The van der Waals surface area contributed by atoms with Crippen LogP contribution in [0.2, 0.25) is 0 Å². The number of halogens is 2. The van der Waals surface area contributed by atoms with Crippen molar-refractivity contribution >= 4 is 6.08 Å². The fourth-order valence-electron chi connectivity index (χ4n) is 3.25. The first-order valence-electron chi connectivity index (χ1n) is 9.98. The van der Waals surface area contributed by atoms with Crippen molar-refractivity contribution in [3.8, 4) is 11.1 Å². The van der Waals surface area contributed by atoms with Crippen LogP contribution in [-0.4, -0.2) is 0 Å². The van der Waals surface area contributed by atoms with Crippen molar-refractivity contribution in [2.45, 2.75) is 45.7 Å². The minimum atomic E-state index is 0. The first-order chi connectivity index (χ1) is 13.3. The summed E-state index contributed by atoms with van der Waals surface area (Å²) in [6.07, 6.45) is 15.8. The molecule has 4 heteroatoms. The number of nitrogens with zero attached hydrogens (tertiary/aromatic N) is 2. The Morgan fingerprint density at radius 1 is 0.759 bits per heavy atom. The number of benzene rings is 1. The lowest BCUT2D eigenvalue weighted by molar-refractivity contribution is -0.697. The summed E-state index contributed by atoms with van der Waals surface area (Å²) in [6, 6.07) is 17.4. The predicted octanol–water partition coefficient (Wildman–Crippen LogP) is -0.792. The maximum Gasteiger partial charge on any atom is 0.173 e. The van der Waals surface area contributed by atoms with Gasteiger partial charge in [0.2, 0.25) is 0 Å². The van der Waals surface area contributed by atoms with Crippen LogP contribution in [-0.2, 0) is 13.1 Å². The van der Waals surface area contributed by atoms with E-state index in [2.05, 4.69) is 96.0 Å². The third kappa shape index (κ3) is 7.75. The number of rotatable bonds is 9. The van der Waals surface area contributed by atoms with Gasteiger partial charge in [-0.2, -0.15) is 0 Å². The highest BCUT2D eigenvalue weighted by molar-refractivity contribution is 5.60. The summed E-state index contributed by atoms with van der Waals surface area (Å²) in [5.74, 6) is 0. The number of hydrogen-bond donors (Lipinski definition) is 0. The fraction of sp³-hybridized carbons (Fsp3) is 0.280. The van der Waals surface area contributed by atoms with Gasteiger partial charge in [-0.15, -0.1) is 0 Å². The Morgan fingerprint density at radius 3 is 1.83 bits per heavy atom. The zero-order valence-corrected chi connectivity index (χ0v) is 19.4. The molecule has 0 saturated carbocycles. The molecular weight excluding hydrogens is 444 g/mol. The van der Waals surface area contributed by atoms with E-state index in [1.54, 1.807) is 0 Å². The van der Waals surface area contributed by atoms with Crippen molar-refractivity contribution in [3.63, 3.8) is 0 Å². The monoisotopic (exact) mass is 472 g/mol. The lowest BCUT2D eigenvalue weighted by Crippen LogP contribution is -3.00. The third-order valence-electron chi connectivity index (χ3n) is 4.97. The minimum absolute atomic E-state index is 0. The Hall–Kier alpha value is -1.97. The first-order valence-corrected chi connectivity index (χ1v) is 9.98. The van der Waals surface area contributed by atoms with Crippen LogP contribution in [0.5, 0.6) is 0 Å². The molecule has 0 unspecified atom stereocenters. The zero-order valence-electron chi connectivity index (χ0n) is 17.1. The van der Waals surface area contributed by atoms with Crippen molar-refractivity contribution in [2.75, 3.05) is 0 Å². The zero-order chi connectivity index (χ0) is 18.9. The molecule has 2 heterocycles. The molecule has 3 rings (SSSR count). The van der Waals surface area contributed by atoms with Crippen LogP contribution in [0.1, 0.15) is 43.7 Å². The second kappa shape index (κ2) is 13.3. The maximum atomic E-state index is 3.80. The summed E-state index contributed by atoms with van der Waals surface area (Å²) in [5.41, 5.74) is 4.97. The molecule has 0 radical (unpaired) electrons. The Bertz CT molecular complexity index is 844. The van der Waals surface area contributed by atoms with Gasteiger partial charge in [0.25, 0.3) is 0 Å². The summed E-state index contributed by atoms with van der Waals surface area (Å²) < 4.78 is 4.50. The predicted molar refractivity (Wildman–Crippen MR) is 112 cm³/mol. The van der Waals surface area contributed by atoms with Crippen molar-refractivity contribution in [3.05, 3.63) is 91.0 Å². The summed E-state index contributed by atoms with van der Waals surface area (Å²) in [7, 11) is 0. The van der Waals surface area contributed by atoms with E-state index in [9.17, 15) is 0 Å². The van der Waals surface area contributed by atoms with Gasteiger partial charge in [0.1, 0.15) is 6.54 Å². The van der Waals surface area contributed by atoms with Crippen molar-refractivity contribution in [2.24, 2.45) is 0 Å². The number of aryl methyl sites for hydroxylation is 1. The number of hydrogen-bond acceptors (Lipinski definition) is 0. The minimum Gasteiger partial charge on any atom is -1.00 e. The second-order valence-corrected chi connectivity index (χ2v) is 7.09. The molecule has 0 N–H and O–H groups in total. The molecule has 0 aliphatic rings. The van der Waals surface area contributed by atoms with Gasteiger partial charge in [0.15, 0.2) is 31.3 Å². The molecule has 2 aromatic heterocycles. The molecule has 1 aromatic carbocycles. The molecule has 0 amide bonds. The van der Waals surface area contributed by atoms with Crippen LogP contribution in [0.25, 0.3) is 17.2 Å². The quantitative estimate of drug-likeness (QED) is 0.284. The molecule has 0 fully saturated rings. The van der Waals surface area contributed by atoms with E-state index >= 15 is 0 Å². The molecule has 2 nitrogen and oxygen atoms in total. The van der Waals surface area contributed by atoms with Crippen LogP contribution in [0, 0.1) is 0 Å². The van der Waals surface area contributed by atoms with Gasteiger partial charge in [-0.05, 0) is 23.1 Å². The summed E-state index contributed by atoms with van der Waals surface area (Å²) >= 11 is 0. The van der Waals surface area contributed by atoms with Gasteiger partial charge in [0.05, 0.1) is 0 Å². The van der Waals surface area contributed by atoms with Crippen LogP contribution in [0.15, 0.2) is 79.9 Å². The number of unbranched alkanes of at least 4 members (excludes halogenated alkanes) is 3. The van der Waals surface area contributed by atoms with Gasteiger partial charge in [-0.1, -0.05) is 56.7 Å². The Balaban J connectivity index is 0.00000210. The van der Waals surface area contributed by atoms with Crippen molar-refractivity contribution in [1.29, 1.82) is 0 Å². The molecule has 0 aliphatic carbocycles. The highest BCUT2D eigenvalue weighted by atomic mass is 79.9. The molecule has 154 valence electrons. The van der Waals surface area contributed by atoms with E-state index in [0.29, 0.717) is 0 Å². The summed E-state index contributed by atoms with van der Waals surface area (Å²) in [5, 5.41) is 0. The molecule has 0 atom stereocenters. The molecule has 0 aliphatic heterocycles. The van der Waals surface area contributed by atoms with Crippen LogP contribution in [0.4, 0.5) is 0 Å². The van der Waals surface area contributed by atoms with Gasteiger partial charge in [0, 0.05) is 36.2 Å². The normalized spacial score (nSPS) is 9.97. The molecule has 0 spiro atoms. The topological polar surface area (TPSA) is 7.76 Å². The van der Waals surface area contributed by atoms with E-state index in [1.807, 2.05) is 6.08 Å². The summed E-state index contributed by atoms with van der Waals surface area (Å²) in [6.45, 7) is 8.05. The van der Waals surface area contributed by atoms with Crippen LogP contribution >= 0.6 is 0 Å². The molecular formula is C25H30BrClN2. The largest absolute Gasteiger partial charge is 1.00 e. The first kappa shape index (κ1) is 25.1.